The lowest BCUT2D eigenvalue weighted by molar-refractivity contribution is -0.148. The summed E-state index contributed by atoms with van der Waals surface area (Å²) in [5.74, 6) is -2.83. The van der Waals surface area contributed by atoms with Gasteiger partial charge in [-0.05, 0) is 53.8 Å². The lowest BCUT2D eigenvalue weighted by atomic mass is 10.0. The maximum absolute atomic E-state index is 13.3. The average Bonchev–Trinajstić information content (AvgIpc) is 3.50. The molecule has 2 atom stereocenters. The van der Waals surface area contributed by atoms with Gasteiger partial charge in [0.15, 0.2) is 6.10 Å². The topological polar surface area (TPSA) is 181 Å². The van der Waals surface area contributed by atoms with Crippen LogP contribution in [0.25, 0.3) is 11.1 Å². The van der Waals surface area contributed by atoms with Gasteiger partial charge in [0.05, 0.1) is 17.5 Å². The summed E-state index contributed by atoms with van der Waals surface area (Å²) in [6, 6.07) is 25.9. The molecule has 2 amide bonds. The first-order valence-corrected chi connectivity index (χ1v) is 17.0. The van der Waals surface area contributed by atoms with Gasteiger partial charge in [0.1, 0.15) is 5.69 Å². The molecule has 2 aromatic heterocycles. The van der Waals surface area contributed by atoms with Crippen molar-refractivity contribution < 1.29 is 33.0 Å². The minimum Gasteiger partial charge on any atom is -0.479 e. The van der Waals surface area contributed by atoms with Gasteiger partial charge in [0.2, 0.25) is 0 Å². The molecule has 0 aliphatic heterocycles. The lowest BCUT2D eigenvalue weighted by Gasteiger charge is -2.21. The number of amides is 2. The van der Waals surface area contributed by atoms with Crippen LogP contribution >= 0.6 is 0 Å². The van der Waals surface area contributed by atoms with Gasteiger partial charge in [-0.1, -0.05) is 86.1 Å². The molecule has 0 aliphatic rings. The fraction of sp³-hybridized carbons (Fsp3) is 0.194. The molecule has 12 nitrogen and oxygen atoms in total. The molecule has 5 aromatic rings. The summed E-state index contributed by atoms with van der Waals surface area (Å²) < 4.78 is 30.4. The maximum atomic E-state index is 13.3. The normalized spacial score (nSPS) is 12.5. The van der Waals surface area contributed by atoms with E-state index in [4.69, 9.17) is 0 Å². The van der Waals surface area contributed by atoms with Gasteiger partial charge in [0.25, 0.3) is 21.8 Å². The lowest BCUT2D eigenvalue weighted by Crippen LogP contribution is -2.48. The van der Waals surface area contributed by atoms with E-state index >= 15 is 0 Å². The number of aromatic nitrogens is 3. The van der Waals surface area contributed by atoms with E-state index in [1.165, 1.54) is 30.6 Å². The second kappa shape index (κ2) is 15.5. The monoisotopic (exact) mass is 681 g/mol. The molecule has 0 bridgehead atoms. The molecule has 0 spiro atoms. The van der Waals surface area contributed by atoms with Crippen LogP contribution in [0.1, 0.15) is 51.0 Å². The third-order valence-electron chi connectivity index (χ3n) is 7.79. The molecule has 13 heteroatoms. The summed E-state index contributed by atoms with van der Waals surface area (Å²) in [6.45, 7) is 2.30. The molecular formula is C36H35N5O7S. The standard InChI is InChI=1S/C36H35N5O7S/c1-2-8-28-22-31(35(44)38-30(33(42)36(45)46)21-24-9-4-3-5-10-24)39-41(28)23-25-13-15-26(16-14-25)29-11-6-7-12-32(29)49(47,48)40-34(43)27-17-19-37-20-18-27/h3-7,9-20,22,30,33,42H,2,8,21,23H2,1H3,(H,38,44)(H,40,43)(H,45,46)/t30-,33-/m1/s1. The van der Waals surface area contributed by atoms with Crippen molar-refractivity contribution in [3.8, 4) is 11.1 Å². The van der Waals surface area contributed by atoms with E-state index in [1.807, 2.05) is 25.1 Å². The van der Waals surface area contributed by atoms with Crippen LogP contribution in [0.3, 0.4) is 0 Å². The van der Waals surface area contributed by atoms with Crippen molar-refractivity contribution in [2.45, 2.75) is 49.8 Å². The molecule has 0 aliphatic carbocycles. The van der Waals surface area contributed by atoms with Gasteiger partial charge in [0, 0.05) is 29.2 Å². The summed E-state index contributed by atoms with van der Waals surface area (Å²) in [5.41, 5.74) is 3.63. The first kappa shape index (κ1) is 34.7. The van der Waals surface area contributed by atoms with Crippen molar-refractivity contribution in [1.82, 2.24) is 24.8 Å². The number of carboxylic acids is 1. The summed E-state index contributed by atoms with van der Waals surface area (Å²) in [7, 11) is -4.22. The molecule has 0 saturated heterocycles. The number of rotatable bonds is 14. The number of hydrogen-bond donors (Lipinski definition) is 4. The number of carboxylic acid groups (broad SMARTS) is 1. The van der Waals surface area contributed by atoms with Crippen molar-refractivity contribution in [1.29, 1.82) is 0 Å². The Hall–Kier alpha value is -5.66. The fourth-order valence-corrected chi connectivity index (χ4v) is 6.53. The predicted octanol–water partition coefficient (Wildman–Crippen LogP) is 3.85. The first-order chi connectivity index (χ1) is 23.6. The summed E-state index contributed by atoms with van der Waals surface area (Å²) in [5, 5.41) is 27.0. The second-order valence-electron chi connectivity index (χ2n) is 11.3. The minimum absolute atomic E-state index is 0.0586. The zero-order valence-corrected chi connectivity index (χ0v) is 27.4. The second-order valence-corrected chi connectivity index (χ2v) is 13.0. The number of aliphatic carboxylic acids is 1. The minimum atomic E-state index is -4.22. The molecule has 3 aromatic carbocycles. The molecule has 0 fully saturated rings. The summed E-state index contributed by atoms with van der Waals surface area (Å²) in [4.78, 5) is 41.3. The Balaban J connectivity index is 1.34. The molecule has 49 heavy (non-hydrogen) atoms. The van der Waals surface area contributed by atoms with Crippen LogP contribution in [0.5, 0.6) is 0 Å². The Morgan fingerprint density at radius 3 is 2.20 bits per heavy atom. The first-order valence-electron chi connectivity index (χ1n) is 15.5. The third kappa shape index (κ3) is 8.63. The SMILES string of the molecule is CCCc1cc(C(=O)N[C@H](Cc2ccccc2)[C@@H](O)C(=O)O)nn1Cc1ccc(-c2ccccc2S(=O)(=O)NC(=O)c2ccncc2)cc1. The van der Waals surface area contributed by atoms with E-state index in [0.29, 0.717) is 24.1 Å². The van der Waals surface area contributed by atoms with Gasteiger partial charge in [-0.15, -0.1) is 0 Å². The van der Waals surface area contributed by atoms with Crippen LogP contribution in [-0.4, -0.2) is 63.3 Å². The number of hydrogen-bond acceptors (Lipinski definition) is 8. The van der Waals surface area contributed by atoms with Gasteiger partial charge in [-0.3, -0.25) is 19.3 Å². The van der Waals surface area contributed by atoms with Crippen LogP contribution in [0, 0.1) is 0 Å². The Kier molecular flexibility index (Phi) is 11.0. The Bertz CT molecular complexity index is 2030. The molecule has 2 heterocycles. The van der Waals surface area contributed by atoms with Crippen LogP contribution in [0.2, 0.25) is 0 Å². The number of nitrogens with one attached hydrogen (secondary N) is 2. The summed E-state index contributed by atoms with van der Waals surface area (Å²) in [6.07, 6.45) is 2.49. The zero-order chi connectivity index (χ0) is 35.0. The van der Waals surface area contributed by atoms with E-state index < -0.39 is 40.0 Å². The molecule has 0 unspecified atom stereocenters. The quantitative estimate of drug-likeness (QED) is 0.135. The number of pyridine rings is 1. The Morgan fingerprint density at radius 2 is 1.53 bits per heavy atom. The van der Waals surface area contributed by atoms with E-state index in [9.17, 15) is 33.0 Å². The van der Waals surface area contributed by atoms with Gasteiger partial charge in [-0.2, -0.15) is 5.10 Å². The van der Waals surface area contributed by atoms with E-state index in [2.05, 4.69) is 20.1 Å². The van der Waals surface area contributed by atoms with Crippen molar-refractivity contribution >= 4 is 27.8 Å². The van der Waals surface area contributed by atoms with Crippen LogP contribution < -0.4 is 10.0 Å². The fourth-order valence-electron chi connectivity index (χ4n) is 5.33. The smallest absolute Gasteiger partial charge is 0.334 e. The molecule has 0 saturated carbocycles. The van der Waals surface area contributed by atoms with Crippen LogP contribution in [0.15, 0.2) is 114 Å². The highest BCUT2D eigenvalue weighted by Crippen LogP contribution is 2.28. The number of sulfonamides is 1. The highest BCUT2D eigenvalue weighted by atomic mass is 32.2. The number of benzene rings is 3. The summed E-state index contributed by atoms with van der Waals surface area (Å²) >= 11 is 0. The van der Waals surface area contributed by atoms with E-state index in [-0.39, 0.29) is 22.6 Å². The van der Waals surface area contributed by atoms with Gasteiger partial charge < -0.3 is 15.5 Å². The van der Waals surface area contributed by atoms with Gasteiger partial charge >= 0.3 is 5.97 Å². The van der Waals surface area contributed by atoms with E-state index in [0.717, 1.165) is 23.2 Å². The van der Waals surface area contributed by atoms with Crippen molar-refractivity contribution in [2.75, 3.05) is 0 Å². The number of aliphatic hydroxyl groups is 1. The van der Waals surface area contributed by atoms with Crippen LogP contribution in [-0.2, 0) is 34.2 Å². The molecule has 4 N–H and O–H groups in total. The third-order valence-corrected chi connectivity index (χ3v) is 9.18. The number of carbonyl (C=O) groups excluding carboxylic acids is 2. The van der Waals surface area contributed by atoms with Gasteiger partial charge in [-0.25, -0.2) is 17.9 Å². The van der Waals surface area contributed by atoms with Crippen molar-refractivity contribution in [3.05, 3.63) is 138 Å². The highest BCUT2D eigenvalue weighted by Gasteiger charge is 2.29. The number of aryl methyl sites for hydroxylation is 1. The largest absolute Gasteiger partial charge is 0.479 e. The van der Waals surface area contributed by atoms with Crippen LogP contribution in [0.4, 0.5) is 0 Å². The average molecular weight is 682 g/mol. The molecule has 5 rings (SSSR count). The number of aliphatic hydroxyl groups excluding tert-OH is 1. The maximum Gasteiger partial charge on any atom is 0.334 e. The van der Waals surface area contributed by atoms with E-state index in [1.54, 1.807) is 65.3 Å². The molecular weight excluding hydrogens is 646 g/mol. The molecule has 0 radical (unpaired) electrons. The predicted molar refractivity (Wildman–Crippen MR) is 181 cm³/mol. The zero-order valence-electron chi connectivity index (χ0n) is 26.6. The van der Waals surface area contributed by atoms with Crippen molar-refractivity contribution in [3.63, 3.8) is 0 Å². The molecule has 252 valence electrons. The Morgan fingerprint density at radius 1 is 0.857 bits per heavy atom. The Labute approximate surface area is 283 Å². The number of nitrogens with zero attached hydrogens (tertiary/aromatic N) is 3. The highest BCUT2D eigenvalue weighted by molar-refractivity contribution is 7.90. The number of carbonyl (C=O) groups is 3. The van der Waals surface area contributed by atoms with Crippen molar-refractivity contribution in [2.24, 2.45) is 0 Å².